The number of rotatable bonds is 6. The highest BCUT2D eigenvalue weighted by molar-refractivity contribution is 5.73. The quantitative estimate of drug-likeness (QED) is 0.800. The number of carbonyl (C=O) groups excluding carboxylic acids is 1. The Morgan fingerprint density at radius 1 is 1.10 bits per heavy atom. The topological polar surface area (TPSA) is 63.2 Å². The molecule has 21 heavy (non-hydrogen) atoms. The molecule has 5 nitrogen and oxygen atoms in total. The van der Waals surface area contributed by atoms with Gasteiger partial charge in [-0.1, -0.05) is 0 Å². The Balaban J connectivity index is 1.60. The molecule has 0 fully saturated rings. The van der Waals surface area contributed by atoms with Crippen LogP contribution in [0.25, 0.3) is 0 Å². The predicted octanol–water partition coefficient (Wildman–Crippen LogP) is 2.10. The Labute approximate surface area is 122 Å². The lowest BCUT2D eigenvalue weighted by molar-refractivity contribution is 0.236. The SMILES string of the molecule is O=C(NCCOc1ccc(F)cc1)NCc1ccncc1. The van der Waals surface area contributed by atoms with Gasteiger partial charge in [0.1, 0.15) is 18.2 Å². The normalized spacial score (nSPS) is 9.95. The van der Waals surface area contributed by atoms with Crippen LogP contribution in [0, 0.1) is 5.82 Å². The molecule has 0 aliphatic heterocycles. The highest BCUT2D eigenvalue weighted by atomic mass is 19.1. The third kappa shape index (κ3) is 5.48. The van der Waals surface area contributed by atoms with Gasteiger partial charge in [0.2, 0.25) is 0 Å². The highest BCUT2D eigenvalue weighted by Crippen LogP contribution is 2.10. The van der Waals surface area contributed by atoms with E-state index in [1.54, 1.807) is 24.5 Å². The smallest absolute Gasteiger partial charge is 0.315 e. The van der Waals surface area contributed by atoms with E-state index in [1.165, 1.54) is 12.1 Å². The zero-order valence-corrected chi connectivity index (χ0v) is 11.4. The van der Waals surface area contributed by atoms with Crippen LogP contribution >= 0.6 is 0 Å². The van der Waals surface area contributed by atoms with Gasteiger partial charge in [0.05, 0.1) is 6.54 Å². The van der Waals surface area contributed by atoms with Crippen LogP contribution in [0.5, 0.6) is 5.75 Å². The first-order valence-electron chi connectivity index (χ1n) is 6.53. The summed E-state index contributed by atoms with van der Waals surface area (Å²) >= 11 is 0. The number of halogens is 1. The molecule has 0 saturated heterocycles. The van der Waals surface area contributed by atoms with Crippen LogP contribution < -0.4 is 15.4 Å². The molecule has 1 aromatic carbocycles. The van der Waals surface area contributed by atoms with E-state index in [-0.39, 0.29) is 11.8 Å². The van der Waals surface area contributed by atoms with Crippen LogP contribution in [-0.2, 0) is 6.54 Å². The summed E-state index contributed by atoms with van der Waals surface area (Å²) in [6, 6.07) is 9.12. The molecule has 1 heterocycles. The fraction of sp³-hybridized carbons (Fsp3) is 0.200. The zero-order chi connectivity index (χ0) is 14.9. The molecule has 0 aliphatic carbocycles. The van der Waals surface area contributed by atoms with Crippen LogP contribution in [0.4, 0.5) is 9.18 Å². The van der Waals surface area contributed by atoms with Gasteiger partial charge in [-0.2, -0.15) is 0 Å². The highest BCUT2D eigenvalue weighted by Gasteiger charge is 2.00. The number of benzene rings is 1. The first kappa shape index (κ1) is 14.8. The van der Waals surface area contributed by atoms with E-state index in [0.717, 1.165) is 5.56 Å². The maximum absolute atomic E-state index is 12.7. The Hall–Kier alpha value is -2.63. The van der Waals surface area contributed by atoms with Crippen molar-refractivity contribution in [2.75, 3.05) is 13.2 Å². The second kappa shape index (κ2) is 7.84. The summed E-state index contributed by atoms with van der Waals surface area (Å²) in [5, 5.41) is 5.39. The van der Waals surface area contributed by atoms with Crippen molar-refractivity contribution in [3.63, 3.8) is 0 Å². The molecule has 0 spiro atoms. The predicted molar refractivity (Wildman–Crippen MR) is 76.4 cm³/mol. The van der Waals surface area contributed by atoms with E-state index in [2.05, 4.69) is 15.6 Å². The van der Waals surface area contributed by atoms with E-state index < -0.39 is 0 Å². The molecule has 2 N–H and O–H groups in total. The number of urea groups is 1. The summed E-state index contributed by atoms with van der Waals surface area (Å²) in [4.78, 5) is 15.4. The van der Waals surface area contributed by atoms with E-state index in [0.29, 0.717) is 25.4 Å². The lowest BCUT2D eigenvalue weighted by Crippen LogP contribution is -2.37. The molecule has 0 saturated carbocycles. The molecule has 2 rings (SSSR count). The van der Waals surface area contributed by atoms with Crippen LogP contribution in [0.15, 0.2) is 48.8 Å². The first-order valence-corrected chi connectivity index (χ1v) is 6.53. The average Bonchev–Trinajstić information content (AvgIpc) is 2.52. The Morgan fingerprint density at radius 2 is 1.81 bits per heavy atom. The molecule has 0 atom stereocenters. The lowest BCUT2D eigenvalue weighted by Gasteiger charge is -2.09. The lowest BCUT2D eigenvalue weighted by atomic mass is 10.3. The molecule has 0 radical (unpaired) electrons. The molecule has 0 unspecified atom stereocenters. The number of aromatic nitrogens is 1. The van der Waals surface area contributed by atoms with E-state index in [4.69, 9.17) is 4.74 Å². The van der Waals surface area contributed by atoms with Crippen molar-refractivity contribution in [3.8, 4) is 5.75 Å². The number of pyridine rings is 1. The summed E-state index contributed by atoms with van der Waals surface area (Å²) in [6.45, 7) is 1.11. The Kier molecular flexibility index (Phi) is 5.51. The van der Waals surface area contributed by atoms with Crippen molar-refractivity contribution < 1.29 is 13.9 Å². The maximum Gasteiger partial charge on any atom is 0.315 e. The van der Waals surface area contributed by atoms with Crippen molar-refractivity contribution >= 4 is 6.03 Å². The van der Waals surface area contributed by atoms with Gasteiger partial charge >= 0.3 is 6.03 Å². The van der Waals surface area contributed by atoms with Gasteiger partial charge in [-0.3, -0.25) is 4.98 Å². The molecule has 2 amide bonds. The van der Waals surface area contributed by atoms with Gasteiger partial charge < -0.3 is 15.4 Å². The van der Waals surface area contributed by atoms with Crippen LogP contribution in [-0.4, -0.2) is 24.2 Å². The molecule has 0 bridgehead atoms. The minimum atomic E-state index is -0.309. The van der Waals surface area contributed by atoms with Crippen LogP contribution in [0.2, 0.25) is 0 Å². The van der Waals surface area contributed by atoms with Gasteiger partial charge in [0.25, 0.3) is 0 Å². The van der Waals surface area contributed by atoms with Gasteiger partial charge in [0.15, 0.2) is 0 Å². The second-order valence-corrected chi connectivity index (χ2v) is 4.27. The van der Waals surface area contributed by atoms with Gasteiger partial charge in [-0.25, -0.2) is 9.18 Å². The largest absolute Gasteiger partial charge is 0.492 e. The summed E-state index contributed by atoms with van der Waals surface area (Å²) in [7, 11) is 0. The van der Waals surface area contributed by atoms with Crippen molar-refractivity contribution in [2.45, 2.75) is 6.54 Å². The molecule has 1 aromatic heterocycles. The second-order valence-electron chi connectivity index (χ2n) is 4.27. The number of carbonyl (C=O) groups is 1. The first-order chi connectivity index (χ1) is 10.2. The molecule has 110 valence electrons. The zero-order valence-electron chi connectivity index (χ0n) is 11.4. The van der Waals surface area contributed by atoms with Gasteiger partial charge in [-0.15, -0.1) is 0 Å². The number of nitrogens with zero attached hydrogens (tertiary/aromatic N) is 1. The monoisotopic (exact) mass is 289 g/mol. The number of hydrogen-bond donors (Lipinski definition) is 2. The summed E-state index contributed by atoms with van der Waals surface area (Å²) in [6.07, 6.45) is 3.34. The van der Waals surface area contributed by atoms with Crippen LogP contribution in [0.1, 0.15) is 5.56 Å². The van der Waals surface area contributed by atoms with Crippen molar-refractivity contribution in [2.24, 2.45) is 0 Å². The number of amides is 2. The third-order valence-electron chi connectivity index (χ3n) is 2.67. The number of hydrogen-bond acceptors (Lipinski definition) is 3. The summed E-state index contributed by atoms with van der Waals surface area (Å²) < 4.78 is 18.0. The number of nitrogens with one attached hydrogen (secondary N) is 2. The summed E-state index contributed by atoms with van der Waals surface area (Å²) in [5.74, 6) is 0.256. The van der Waals surface area contributed by atoms with Crippen molar-refractivity contribution in [3.05, 3.63) is 60.2 Å². The Bertz CT molecular complexity index is 561. The van der Waals surface area contributed by atoms with Crippen molar-refractivity contribution in [1.82, 2.24) is 15.6 Å². The number of ether oxygens (including phenoxy) is 1. The molecule has 2 aromatic rings. The fourth-order valence-electron chi connectivity index (χ4n) is 1.61. The third-order valence-corrected chi connectivity index (χ3v) is 2.67. The molecule has 0 aliphatic rings. The van der Waals surface area contributed by atoms with E-state index in [1.807, 2.05) is 12.1 Å². The standard InChI is InChI=1S/C15H16FN3O2/c16-13-1-3-14(4-2-13)21-10-9-18-15(20)19-11-12-5-7-17-8-6-12/h1-8H,9-11H2,(H2,18,19,20). The maximum atomic E-state index is 12.7. The Morgan fingerprint density at radius 3 is 2.52 bits per heavy atom. The average molecular weight is 289 g/mol. The van der Waals surface area contributed by atoms with Gasteiger partial charge in [-0.05, 0) is 42.0 Å². The fourth-order valence-corrected chi connectivity index (χ4v) is 1.61. The van der Waals surface area contributed by atoms with E-state index >= 15 is 0 Å². The molecular formula is C15H16FN3O2. The van der Waals surface area contributed by atoms with Crippen LogP contribution in [0.3, 0.4) is 0 Å². The van der Waals surface area contributed by atoms with E-state index in [9.17, 15) is 9.18 Å². The summed E-state index contributed by atoms with van der Waals surface area (Å²) in [5.41, 5.74) is 0.975. The van der Waals surface area contributed by atoms with Gasteiger partial charge in [0, 0.05) is 18.9 Å². The molecule has 6 heteroatoms. The van der Waals surface area contributed by atoms with Crippen molar-refractivity contribution in [1.29, 1.82) is 0 Å². The minimum Gasteiger partial charge on any atom is -0.492 e. The molecular weight excluding hydrogens is 273 g/mol. The minimum absolute atomic E-state index is 0.269.